The van der Waals surface area contributed by atoms with E-state index in [1.165, 1.54) is 16.7 Å². The number of rotatable bonds is 6. The Bertz CT molecular complexity index is 1220. The number of aryl methyl sites for hydroxylation is 1. The van der Waals surface area contributed by atoms with Crippen molar-refractivity contribution in [3.05, 3.63) is 73.5 Å². The van der Waals surface area contributed by atoms with E-state index in [0.717, 1.165) is 42.8 Å². The molecule has 1 aliphatic rings. The van der Waals surface area contributed by atoms with Crippen molar-refractivity contribution in [3.8, 4) is 22.5 Å². The standard InChI is InChI=1S/C21H22N3O.C12H23O.Y/c1-3-13-25-19-14-15-9-5-6-10-16(15)21-20(22-23-24(21)4-2)18-12-8-7-11-17(18)19;1-9(8-11(2,3)4)10(13)12(5,6)7;/h5-12,19H,1,3-4,13-14H2,2H3;9H,1,8H2,2-7H3;/q2*-1;. The van der Waals surface area contributed by atoms with Crippen LogP contribution in [0.3, 0.4) is 0 Å². The van der Waals surface area contributed by atoms with Gasteiger partial charge in [-0.2, -0.15) is 6.42 Å². The average Bonchev–Trinajstić information content (AvgIpc) is 3.27. The SMILES string of the molecule is [CH2-]C(CC(C)(C)C)C(=O)C(C)(C)C.[CH2-]CCOC1Cc2ccccc2-c2c(nnn2CC)-c2ccccc21.[Y]. The summed E-state index contributed by atoms with van der Waals surface area (Å²) < 4.78 is 8.17. The third-order valence-electron chi connectivity index (χ3n) is 6.71. The van der Waals surface area contributed by atoms with Crippen LogP contribution < -0.4 is 0 Å². The molecule has 1 heterocycles. The smallest absolute Gasteiger partial charge is 0.121 e. The predicted molar refractivity (Wildman–Crippen MR) is 156 cm³/mol. The van der Waals surface area contributed by atoms with E-state index < -0.39 is 0 Å². The van der Waals surface area contributed by atoms with Gasteiger partial charge in [-0.05, 0) is 23.5 Å². The summed E-state index contributed by atoms with van der Waals surface area (Å²) in [7, 11) is 0. The van der Waals surface area contributed by atoms with Gasteiger partial charge in [-0.1, -0.05) is 102 Å². The average molecular weight is 605 g/mol. The van der Waals surface area contributed by atoms with E-state index in [4.69, 9.17) is 4.74 Å². The van der Waals surface area contributed by atoms with E-state index in [1.54, 1.807) is 0 Å². The van der Waals surface area contributed by atoms with Gasteiger partial charge in [-0.25, -0.2) is 4.68 Å². The van der Waals surface area contributed by atoms with Crippen molar-refractivity contribution in [2.24, 2.45) is 16.7 Å². The molecule has 2 aromatic carbocycles. The summed E-state index contributed by atoms with van der Waals surface area (Å²) in [6.07, 6.45) is 2.46. The maximum Gasteiger partial charge on any atom is 0.121 e. The van der Waals surface area contributed by atoms with Crippen LogP contribution in [0.15, 0.2) is 48.5 Å². The van der Waals surface area contributed by atoms with Gasteiger partial charge < -0.3 is 23.4 Å². The second-order valence-corrected chi connectivity index (χ2v) is 12.3. The molecule has 1 aliphatic carbocycles. The molecule has 0 aliphatic heterocycles. The van der Waals surface area contributed by atoms with Gasteiger partial charge in [0.1, 0.15) is 11.5 Å². The molecule has 3 aromatic rings. The molecule has 0 saturated carbocycles. The molecule has 0 spiro atoms. The number of fused-ring (bicyclic) bond motifs is 5. The van der Waals surface area contributed by atoms with Gasteiger partial charge in [0.2, 0.25) is 0 Å². The third kappa shape index (κ3) is 8.65. The number of hydrogen-bond acceptors (Lipinski definition) is 4. The summed E-state index contributed by atoms with van der Waals surface area (Å²) in [6, 6.07) is 16.9. The van der Waals surface area contributed by atoms with Crippen LogP contribution in [0.1, 0.15) is 78.5 Å². The van der Waals surface area contributed by atoms with Crippen LogP contribution in [0, 0.1) is 30.6 Å². The maximum absolute atomic E-state index is 11.8. The van der Waals surface area contributed by atoms with Gasteiger partial charge in [0.25, 0.3) is 0 Å². The Balaban J connectivity index is 0.000000328. The van der Waals surface area contributed by atoms with Crippen molar-refractivity contribution in [1.82, 2.24) is 15.0 Å². The molecule has 1 radical (unpaired) electrons. The Labute approximate surface area is 261 Å². The summed E-state index contributed by atoms with van der Waals surface area (Å²) in [5, 5.41) is 8.93. The van der Waals surface area contributed by atoms with Gasteiger partial charge in [0, 0.05) is 68.8 Å². The molecule has 0 fully saturated rings. The van der Waals surface area contributed by atoms with Gasteiger partial charge in [0.15, 0.2) is 0 Å². The molecule has 0 N–H and O–H groups in total. The third-order valence-corrected chi connectivity index (χ3v) is 6.71. The molecule has 5 nitrogen and oxygen atoms in total. The Morgan fingerprint density at radius 3 is 2.26 bits per heavy atom. The minimum Gasteiger partial charge on any atom is -0.376 e. The van der Waals surface area contributed by atoms with Gasteiger partial charge in [0.05, 0.1) is 11.8 Å². The summed E-state index contributed by atoms with van der Waals surface area (Å²) >= 11 is 0. The molecule has 4 rings (SSSR count). The Hall–Kier alpha value is -1.69. The molecular formula is C33H45N3O2Y-2. The quantitative estimate of drug-likeness (QED) is 0.268. The summed E-state index contributed by atoms with van der Waals surface area (Å²) in [5.74, 6) is 0.197. The van der Waals surface area contributed by atoms with Crippen molar-refractivity contribution in [1.29, 1.82) is 0 Å². The zero-order valence-electron chi connectivity index (χ0n) is 25.0. The number of carbonyl (C=O) groups is 1. The molecule has 0 amide bonds. The van der Waals surface area contributed by atoms with Crippen molar-refractivity contribution in [2.75, 3.05) is 6.61 Å². The number of aromatic nitrogens is 3. The minimum atomic E-state index is -0.252. The fourth-order valence-corrected chi connectivity index (χ4v) is 5.03. The van der Waals surface area contributed by atoms with Crippen LogP contribution in [0.25, 0.3) is 22.5 Å². The minimum absolute atomic E-state index is 0. The first-order valence-electron chi connectivity index (χ1n) is 13.8. The van der Waals surface area contributed by atoms with E-state index in [2.05, 4.69) is 100 Å². The first kappa shape index (κ1) is 33.5. The van der Waals surface area contributed by atoms with Crippen LogP contribution >= 0.6 is 0 Å². The Morgan fingerprint density at radius 2 is 1.67 bits per heavy atom. The van der Waals surface area contributed by atoms with Crippen LogP contribution in [0.2, 0.25) is 0 Å². The predicted octanol–water partition coefficient (Wildman–Crippen LogP) is 7.96. The van der Waals surface area contributed by atoms with Crippen molar-refractivity contribution in [2.45, 2.75) is 80.4 Å². The fraction of sp³-hybridized carbons (Fsp3) is 0.485. The van der Waals surface area contributed by atoms with Crippen molar-refractivity contribution < 1.29 is 42.2 Å². The largest absolute Gasteiger partial charge is 0.376 e. The van der Waals surface area contributed by atoms with Crippen LogP contribution in [0.5, 0.6) is 0 Å². The van der Waals surface area contributed by atoms with Gasteiger partial charge >= 0.3 is 0 Å². The first-order chi connectivity index (χ1) is 17.9. The van der Waals surface area contributed by atoms with E-state index in [-0.39, 0.29) is 61.3 Å². The molecule has 0 bridgehead atoms. The number of ketones is 1. The van der Waals surface area contributed by atoms with Crippen LogP contribution in [-0.2, 0) is 55.2 Å². The molecule has 1 aromatic heterocycles. The van der Waals surface area contributed by atoms with Gasteiger partial charge in [-0.15, -0.1) is 11.0 Å². The number of hydrogen-bond donors (Lipinski definition) is 0. The number of ether oxygens (including phenoxy) is 1. The van der Waals surface area contributed by atoms with Crippen molar-refractivity contribution >= 4 is 5.78 Å². The first-order valence-corrected chi connectivity index (χ1v) is 13.8. The summed E-state index contributed by atoms with van der Waals surface area (Å²) in [4.78, 5) is 11.8. The molecule has 39 heavy (non-hydrogen) atoms. The van der Waals surface area contributed by atoms with Crippen LogP contribution in [-0.4, -0.2) is 27.4 Å². The molecule has 6 heteroatoms. The zero-order chi connectivity index (χ0) is 28.1. The molecule has 0 saturated heterocycles. The van der Waals surface area contributed by atoms with E-state index in [9.17, 15) is 4.79 Å². The molecule has 2 unspecified atom stereocenters. The van der Waals surface area contributed by atoms with E-state index in [0.29, 0.717) is 6.61 Å². The topological polar surface area (TPSA) is 57.0 Å². The Morgan fingerprint density at radius 1 is 1.05 bits per heavy atom. The molecular weight excluding hydrogens is 559 g/mol. The van der Waals surface area contributed by atoms with Crippen LogP contribution in [0.4, 0.5) is 0 Å². The van der Waals surface area contributed by atoms with E-state index in [1.807, 2.05) is 25.5 Å². The number of Topliss-reactive ketones (excluding diaryl/α,β-unsaturated/α-hetero) is 1. The van der Waals surface area contributed by atoms with Crippen molar-refractivity contribution in [3.63, 3.8) is 0 Å². The maximum atomic E-state index is 11.8. The van der Waals surface area contributed by atoms with E-state index >= 15 is 0 Å². The van der Waals surface area contributed by atoms with Gasteiger partial charge in [-0.3, -0.25) is 0 Å². The zero-order valence-corrected chi connectivity index (χ0v) is 27.8. The fourth-order valence-electron chi connectivity index (χ4n) is 5.03. The number of carbonyl (C=O) groups excluding carboxylic acids is 1. The monoisotopic (exact) mass is 604 g/mol. The summed E-state index contributed by atoms with van der Waals surface area (Å²) in [6.45, 7) is 23.7. The molecule has 209 valence electrons. The summed E-state index contributed by atoms with van der Waals surface area (Å²) in [5.41, 5.74) is 6.72. The number of benzene rings is 2. The second-order valence-electron chi connectivity index (χ2n) is 12.3. The molecule has 2 atom stereocenters. The normalized spacial score (nSPS) is 15.3. The second kappa shape index (κ2) is 14.3. The Kier molecular flexibility index (Phi) is 12.3. The number of nitrogens with zero attached hydrogens (tertiary/aromatic N) is 3.